The molecule has 2 heterocycles. The van der Waals surface area contributed by atoms with Crippen molar-refractivity contribution in [1.29, 1.82) is 0 Å². The van der Waals surface area contributed by atoms with Gasteiger partial charge in [-0.3, -0.25) is 0 Å². The molecule has 0 spiro atoms. The molecule has 1 amide bonds. The lowest BCUT2D eigenvalue weighted by Gasteiger charge is -2.34. The molecule has 5 nitrogen and oxygen atoms in total. The van der Waals surface area contributed by atoms with Gasteiger partial charge >= 0.3 is 6.09 Å². The Morgan fingerprint density at radius 1 is 1.32 bits per heavy atom. The summed E-state index contributed by atoms with van der Waals surface area (Å²) in [5.41, 5.74) is -0.410. The van der Waals surface area contributed by atoms with Crippen LogP contribution in [0.15, 0.2) is 0 Å². The monoisotopic (exact) mass is 312 g/mol. The van der Waals surface area contributed by atoms with E-state index < -0.39 is 5.60 Å². The lowest BCUT2D eigenvalue weighted by Crippen LogP contribution is -2.44. The zero-order valence-corrected chi connectivity index (χ0v) is 14.4. The summed E-state index contributed by atoms with van der Waals surface area (Å²) in [5, 5.41) is 3.59. The van der Waals surface area contributed by atoms with Crippen LogP contribution in [-0.4, -0.2) is 55.5 Å². The molecule has 2 unspecified atom stereocenters. The van der Waals surface area contributed by atoms with Crippen molar-refractivity contribution in [3.05, 3.63) is 0 Å². The van der Waals surface area contributed by atoms with Crippen LogP contribution in [0, 0.1) is 5.92 Å². The number of ether oxygens (including phenoxy) is 2. The van der Waals surface area contributed by atoms with Crippen LogP contribution < -0.4 is 5.32 Å². The van der Waals surface area contributed by atoms with Gasteiger partial charge in [0.25, 0.3) is 0 Å². The molecular formula is C17H32N2O3. The van der Waals surface area contributed by atoms with Crippen LogP contribution in [0.5, 0.6) is 0 Å². The highest BCUT2D eigenvalue weighted by atomic mass is 16.6. The van der Waals surface area contributed by atoms with Crippen molar-refractivity contribution in [1.82, 2.24) is 10.2 Å². The Morgan fingerprint density at radius 3 is 2.82 bits per heavy atom. The maximum absolute atomic E-state index is 12.2. The number of carbonyl (C=O) groups excluding carboxylic acids is 1. The molecule has 0 aromatic carbocycles. The second-order valence-electron chi connectivity index (χ2n) is 7.59. The normalized spacial score (nSPS) is 26.8. The number of nitrogens with zero attached hydrogens (tertiary/aromatic N) is 1. The molecule has 2 aliphatic heterocycles. The van der Waals surface area contributed by atoms with Crippen molar-refractivity contribution >= 4 is 6.09 Å². The highest BCUT2D eigenvalue weighted by molar-refractivity contribution is 5.68. The lowest BCUT2D eigenvalue weighted by atomic mass is 9.95. The van der Waals surface area contributed by atoms with Gasteiger partial charge in [-0.1, -0.05) is 0 Å². The van der Waals surface area contributed by atoms with Gasteiger partial charge in [-0.15, -0.1) is 0 Å². The van der Waals surface area contributed by atoms with E-state index in [0.717, 1.165) is 52.1 Å². The topological polar surface area (TPSA) is 50.8 Å². The van der Waals surface area contributed by atoms with Crippen LogP contribution in [-0.2, 0) is 9.47 Å². The first-order chi connectivity index (χ1) is 10.4. The zero-order valence-electron chi connectivity index (χ0n) is 14.4. The third-order valence-electron chi connectivity index (χ3n) is 4.32. The van der Waals surface area contributed by atoms with E-state index in [0.29, 0.717) is 12.0 Å². The first-order valence-electron chi connectivity index (χ1n) is 8.73. The summed E-state index contributed by atoms with van der Waals surface area (Å²) in [7, 11) is 0. The Labute approximate surface area is 134 Å². The van der Waals surface area contributed by atoms with Gasteiger partial charge in [-0.25, -0.2) is 4.79 Å². The molecule has 0 bridgehead atoms. The fourth-order valence-electron chi connectivity index (χ4n) is 3.19. The number of hydrogen-bond donors (Lipinski definition) is 1. The number of piperidine rings is 1. The molecule has 22 heavy (non-hydrogen) atoms. The van der Waals surface area contributed by atoms with Gasteiger partial charge in [0.2, 0.25) is 0 Å². The van der Waals surface area contributed by atoms with Crippen LogP contribution in [0.3, 0.4) is 0 Å². The highest BCUT2D eigenvalue weighted by Crippen LogP contribution is 2.21. The van der Waals surface area contributed by atoms with Gasteiger partial charge < -0.3 is 19.7 Å². The van der Waals surface area contributed by atoms with E-state index in [1.807, 2.05) is 25.7 Å². The quantitative estimate of drug-likeness (QED) is 0.867. The summed E-state index contributed by atoms with van der Waals surface area (Å²) >= 11 is 0. The molecular weight excluding hydrogens is 280 g/mol. The van der Waals surface area contributed by atoms with Crippen LogP contribution in [0.1, 0.15) is 52.9 Å². The predicted molar refractivity (Wildman–Crippen MR) is 87.0 cm³/mol. The number of hydrogen-bond acceptors (Lipinski definition) is 4. The van der Waals surface area contributed by atoms with Gasteiger partial charge in [-0.2, -0.15) is 0 Å². The predicted octanol–water partition coefficient (Wildman–Crippen LogP) is 2.79. The Bertz CT molecular complexity index is 348. The van der Waals surface area contributed by atoms with Crippen molar-refractivity contribution in [3.8, 4) is 0 Å². The molecule has 2 fully saturated rings. The van der Waals surface area contributed by atoms with Crippen LogP contribution in [0.25, 0.3) is 0 Å². The third kappa shape index (κ3) is 6.13. The van der Waals surface area contributed by atoms with E-state index in [1.165, 1.54) is 12.8 Å². The summed E-state index contributed by atoms with van der Waals surface area (Å²) in [4.78, 5) is 14.0. The summed E-state index contributed by atoms with van der Waals surface area (Å²) in [5.74, 6) is 0.582. The van der Waals surface area contributed by atoms with Crippen molar-refractivity contribution in [3.63, 3.8) is 0 Å². The number of carbonyl (C=O) groups is 1. The Balaban J connectivity index is 1.67. The van der Waals surface area contributed by atoms with E-state index in [9.17, 15) is 4.79 Å². The van der Waals surface area contributed by atoms with Gasteiger partial charge in [0, 0.05) is 25.7 Å². The summed E-state index contributed by atoms with van der Waals surface area (Å²) in [6.45, 7) is 10.2. The van der Waals surface area contributed by atoms with E-state index in [1.54, 1.807) is 0 Å². The third-order valence-corrected chi connectivity index (χ3v) is 4.32. The van der Waals surface area contributed by atoms with Gasteiger partial charge in [0.05, 0.1) is 6.61 Å². The van der Waals surface area contributed by atoms with Crippen molar-refractivity contribution in [2.24, 2.45) is 5.92 Å². The molecule has 0 saturated carbocycles. The molecule has 2 rings (SSSR count). The Hall–Kier alpha value is -0.810. The van der Waals surface area contributed by atoms with E-state index in [4.69, 9.17) is 9.47 Å². The number of nitrogens with one attached hydrogen (secondary N) is 1. The molecule has 2 saturated heterocycles. The summed E-state index contributed by atoms with van der Waals surface area (Å²) in [6, 6.07) is 0.513. The number of amides is 1. The zero-order chi connectivity index (χ0) is 16.0. The van der Waals surface area contributed by atoms with Gasteiger partial charge in [0.15, 0.2) is 0 Å². The van der Waals surface area contributed by atoms with Crippen LogP contribution in [0.2, 0.25) is 0 Å². The smallest absolute Gasteiger partial charge is 0.410 e. The standard InChI is InChI=1S/C17H32N2O3/c1-17(2,3)22-16(20)19-10-4-6-14(12-19)8-9-18-15-7-5-11-21-13-15/h14-15,18H,4-13H2,1-3H3. The van der Waals surface area contributed by atoms with E-state index in [-0.39, 0.29) is 6.09 Å². The first kappa shape index (κ1) is 17.5. The number of rotatable bonds is 4. The van der Waals surface area contributed by atoms with Crippen LogP contribution in [0.4, 0.5) is 4.79 Å². The molecule has 128 valence electrons. The Morgan fingerprint density at radius 2 is 2.14 bits per heavy atom. The molecule has 1 N–H and O–H groups in total. The molecule has 0 aromatic heterocycles. The molecule has 0 radical (unpaired) electrons. The number of likely N-dealkylation sites (tertiary alicyclic amines) is 1. The minimum Gasteiger partial charge on any atom is -0.444 e. The van der Waals surface area contributed by atoms with Crippen molar-refractivity contribution in [2.75, 3.05) is 32.8 Å². The van der Waals surface area contributed by atoms with Gasteiger partial charge in [0.1, 0.15) is 5.60 Å². The maximum Gasteiger partial charge on any atom is 0.410 e. The fourth-order valence-corrected chi connectivity index (χ4v) is 3.19. The Kier molecular flexibility index (Phi) is 6.50. The second kappa shape index (κ2) is 8.16. The fraction of sp³-hybridized carbons (Fsp3) is 0.941. The van der Waals surface area contributed by atoms with E-state index in [2.05, 4.69) is 5.32 Å². The summed E-state index contributed by atoms with van der Waals surface area (Å²) < 4.78 is 11.0. The van der Waals surface area contributed by atoms with E-state index >= 15 is 0 Å². The molecule has 2 atom stereocenters. The molecule has 0 aromatic rings. The van der Waals surface area contributed by atoms with Crippen molar-refractivity contribution in [2.45, 2.75) is 64.5 Å². The molecule has 2 aliphatic rings. The first-order valence-corrected chi connectivity index (χ1v) is 8.73. The van der Waals surface area contributed by atoms with Crippen molar-refractivity contribution < 1.29 is 14.3 Å². The average molecular weight is 312 g/mol. The lowest BCUT2D eigenvalue weighted by molar-refractivity contribution is 0.0160. The molecule has 5 heteroatoms. The maximum atomic E-state index is 12.2. The summed E-state index contributed by atoms with van der Waals surface area (Å²) in [6.07, 6.45) is 5.63. The van der Waals surface area contributed by atoms with Crippen LogP contribution >= 0.6 is 0 Å². The molecule has 0 aliphatic carbocycles. The van der Waals surface area contributed by atoms with Gasteiger partial charge in [-0.05, 0) is 65.3 Å². The SMILES string of the molecule is CC(C)(C)OC(=O)N1CCCC(CCNC2CCCOC2)C1. The highest BCUT2D eigenvalue weighted by Gasteiger charge is 2.27. The largest absolute Gasteiger partial charge is 0.444 e. The second-order valence-corrected chi connectivity index (χ2v) is 7.59. The minimum atomic E-state index is -0.410. The minimum absolute atomic E-state index is 0.161. The average Bonchev–Trinajstić information content (AvgIpc) is 2.47.